The zero-order valence-electron chi connectivity index (χ0n) is 10.5. The standard InChI is InChI=1S/C13H17N5/c1-2-11(10-7-8-10)15-12-5-3-4-6-13(12)18-9-14-16-17-18/h3-6,9-11,15H,2,7-8H2,1H3. The van der Waals surface area contributed by atoms with Crippen molar-refractivity contribution in [3.05, 3.63) is 30.6 Å². The smallest absolute Gasteiger partial charge is 0.143 e. The van der Waals surface area contributed by atoms with Crippen LogP contribution in [0.25, 0.3) is 5.69 Å². The van der Waals surface area contributed by atoms with Crippen molar-refractivity contribution >= 4 is 5.69 Å². The summed E-state index contributed by atoms with van der Waals surface area (Å²) < 4.78 is 1.70. The van der Waals surface area contributed by atoms with Crippen molar-refractivity contribution < 1.29 is 0 Å². The van der Waals surface area contributed by atoms with Gasteiger partial charge in [-0.25, -0.2) is 0 Å². The molecule has 0 bridgehead atoms. The summed E-state index contributed by atoms with van der Waals surface area (Å²) in [5, 5.41) is 15.0. The Morgan fingerprint density at radius 3 is 2.89 bits per heavy atom. The molecule has 1 unspecified atom stereocenters. The third kappa shape index (κ3) is 2.20. The Morgan fingerprint density at radius 2 is 2.22 bits per heavy atom. The zero-order valence-corrected chi connectivity index (χ0v) is 10.5. The van der Waals surface area contributed by atoms with Gasteiger partial charge in [-0.15, -0.1) is 5.10 Å². The Balaban J connectivity index is 1.87. The molecule has 1 aliphatic rings. The van der Waals surface area contributed by atoms with Crippen molar-refractivity contribution in [2.24, 2.45) is 5.92 Å². The topological polar surface area (TPSA) is 55.6 Å². The molecule has 1 aliphatic carbocycles. The molecular formula is C13H17N5. The Bertz CT molecular complexity index is 504. The fourth-order valence-electron chi connectivity index (χ4n) is 2.32. The van der Waals surface area contributed by atoms with Crippen LogP contribution in [0.4, 0.5) is 5.69 Å². The molecule has 3 rings (SSSR count). The van der Waals surface area contributed by atoms with E-state index in [-0.39, 0.29) is 0 Å². The molecule has 5 heteroatoms. The lowest BCUT2D eigenvalue weighted by Crippen LogP contribution is -2.21. The molecule has 0 aliphatic heterocycles. The van der Waals surface area contributed by atoms with Crippen molar-refractivity contribution in [1.82, 2.24) is 20.2 Å². The second-order valence-electron chi connectivity index (χ2n) is 4.77. The van der Waals surface area contributed by atoms with Crippen molar-refractivity contribution in [2.45, 2.75) is 32.2 Å². The first-order valence-electron chi connectivity index (χ1n) is 6.47. The van der Waals surface area contributed by atoms with E-state index in [9.17, 15) is 0 Å². The van der Waals surface area contributed by atoms with Gasteiger partial charge >= 0.3 is 0 Å². The van der Waals surface area contributed by atoms with Gasteiger partial charge in [0, 0.05) is 6.04 Å². The second kappa shape index (κ2) is 4.76. The minimum atomic E-state index is 0.558. The summed E-state index contributed by atoms with van der Waals surface area (Å²) in [5.74, 6) is 0.830. The van der Waals surface area contributed by atoms with E-state index in [2.05, 4.69) is 33.8 Å². The summed E-state index contributed by atoms with van der Waals surface area (Å²) in [6, 6.07) is 8.71. The van der Waals surface area contributed by atoms with E-state index in [1.54, 1.807) is 11.0 Å². The number of rotatable bonds is 5. The van der Waals surface area contributed by atoms with E-state index in [0.717, 1.165) is 23.7 Å². The largest absolute Gasteiger partial charge is 0.380 e. The summed E-state index contributed by atoms with van der Waals surface area (Å²) in [6.07, 6.45) is 5.46. The summed E-state index contributed by atoms with van der Waals surface area (Å²) >= 11 is 0. The zero-order chi connectivity index (χ0) is 12.4. The number of tetrazole rings is 1. The highest BCUT2D eigenvalue weighted by molar-refractivity contribution is 5.61. The summed E-state index contributed by atoms with van der Waals surface area (Å²) in [5.41, 5.74) is 2.10. The Morgan fingerprint density at radius 1 is 1.39 bits per heavy atom. The van der Waals surface area contributed by atoms with Gasteiger partial charge in [-0.1, -0.05) is 19.1 Å². The number of hydrogen-bond acceptors (Lipinski definition) is 4. The Kier molecular flexibility index (Phi) is 2.96. The highest BCUT2D eigenvalue weighted by atomic mass is 15.5. The van der Waals surface area contributed by atoms with E-state index in [0.29, 0.717) is 6.04 Å². The summed E-state index contributed by atoms with van der Waals surface area (Å²) in [7, 11) is 0. The molecule has 1 fully saturated rings. The van der Waals surface area contributed by atoms with Crippen molar-refractivity contribution in [1.29, 1.82) is 0 Å². The van der Waals surface area contributed by atoms with Gasteiger partial charge in [0.25, 0.3) is 0 Å². The molecule has 0 radical (unpaired) electrons. The average Bonchev–Trinajstić information content (AvgIpc) is 3.11. The van der Waals surface area contributed by atoms with Crippen LogP contribution in [0, 0.1) is 5.92 Å². The lowest BCUT2D eigenvalue weighted by molar-refractivity contribution is 0.615. The molecule has 0 spiro atoms. The van der Waals surface area contributed by atoms with Crippen LogP contribution in [-0.2, 0) is 0 Å². The minimum Gasteiger partial charge on any atom is -0.380 e. The van der Waals surface area contributed by atoms with Crippen LogP contribution in [0.1, 0.15) is 26.2 Å². The molecule has 1 aromatic carbocycles. The first-order valence-corrected chi connectivity index (χ1v) is 6.47. The SMILES string of the molecule is CCC(Nc1ccccc1-n1cnnn1)C1CC1. The van der Waals surface area contributed by atoms with Crippen molar-refractivity contribution in [2.75, 3.05) is 5.32 Å². The maximum Gasteiger partial charge on any atom is 0.143 e. The van der Waals surface area contributed by atoms with Gasteiger partial charge in [0.2, 0.25) is 0 Å². The molecule has 0 amide bonds. The normalized spacial score (nSPS) is 16.5. The maximum atomic E-state index is 3.96. The molecule has 1 heterocycles. The molecule has 18 heavy (non-hydrogen) atoms. The van der Waals surface area contributed by atoms with Crippen molar-refractivity contribution in [3.63, 3.8) is 0 Å². The van der Waals surface area contributed by atoms with E-state index < -0.39 is 0 Å². The molecule has 5 nitrogen and oxygen atoms in total. The van der Waals surface area contributed by atoms with Crippen molar-refractivity contribution in [3.8, 4) is 5.69 Å². The number of benzene rings is 1. The number of anilines is 1. The molecule has 1 saturated carbocycles. The van der Waals surface area contributed by atoms with Crippen LogP contribution >= 0.6 is 0 Å². The molecule has 2 aromatic rings. The van der Waals surface area contributed by atoms with Gasteiger partial charge in [-0.3, -0.25) is 0 Å². The Labute approximate surface area is 106 Å². The number of para-hydroxylation sites is 2. The molecule has 0 saturated heterocycles. The maximum absolute atomic E-state index is 3.96. The van der Waals surface area contributed by atoms with E-state index in [1.165, 1.54) is 12.8 Å². The van der Waals surface area contributed by atoms with Crippen LogP contribution in [0.3, 0.4) is 0 Å². The third-order valence-corrected chi connectivity index (χ3v) is 3.47. The highest BCUT2D eigenvalue weighted by Crippen LogP contribution is 2.36. The predicted octanol–water partition coefficient (Wildman–Crippen LogP) is 2.26. The minimum absolute atomic E-state index is 0.558. The highest BCUT2D eigenvalue weighted by Gasteiger charge is 2.30. The fraction of sp³-hybridized carbons (Fsp3) is 0.462. The summed E-state index contributed by atoms with van der Waals surface area (Å²) in [4.78, 5) is 0. The molecule has 1 atom stereocenters. The van der Waals surface area contributed by atoms with E-state index >= 15 is 0 Å². The van der Waals surface area contributed by atoms with Crippen LogP contribution in [0.5, 0.6) is 0 Å². The molecule has 94 valence electrons. The molecule has 1 aromatic heterocycles. The van der Waals surface area contributed by atoms with Gasteiger partial charge in [0.05, 0.1) is 11.4 Å². The lowest BCUT2D eigenvalue weighted by Gasteiger charge is -2.19. The van der Waals surface area contributed by atoms with Gasteiger partial charge in [0.1, 0.15) is 6.33 Å². The quantitative estimate of drug-likeness (QED) is 0.875. The predicted molar refractivity (Wildman–Crippen MR) is 69.6 cm³/mol. The van der Waals surface area contributed by atoms with E-state index in [4.69, 9.17) is 0 Å². The number of aromatic nitrogens is 4. The lowest BCUT2D eigenvalue weighted by atomic mass is 10.1. The first kappa shape index (κ1) is 11.2. The first-order chi connectivity index (χ1) is 8.88. The fourth-order valence-corrected chi connectivity index (χ4v) is 2.32. The van der Waals surface area contributed by atoms with Gasteiger partial charge < -0.3 is 5.32 Å². The van der Waals surface area contributed by atoms with Crippen LogP contribution in [0.2, 0.25) is 0 Å². The third-order valence-electron chi connectivity index (χ3n) is 3.47. The second-order valence-corrected chi connectivity index (χ2v) is 4.77. The Hall–Kier alpha value is -1.91. The number of nitrogens with one attached hydrogen (secondary N) is 1. The van der Waals surface area contributed by atoms with Gasteiger partial charge in [-0.2, -0.15) is 4.68 Å². The number of nitrogens with zero attached hydrogens (tertiary/aromatic N) is 4. The van der Waals surface area contributed by atoms with Crippen LogP contribution < -0.4 is 5.32 Å². The van der Waals surface area contributed by atoms with Gasteiger partial charge in [-0.05, 0) is 47.7 Å². The monoisotopic (exact) mass is 243 g/mol. The van der Waals surface area contributed by atoms with E-state index in [1.807, 2.05) is 18.2 Å². The molecule has 1 N–H and O–H groups in total. The van der Waals surface area contributed by atoms with Crippen LogP contribution in [-0.4, -0.2) is 26.2 Å². The average molecular weight is 243 g/mol. The van der Waals surface area contributed by atoms with Gasteiger partial charge in [0.15, 0.2) is 0 Å². The number of hydrogen-bond donors (Lipinski definition) is 1. The van der Waals surface area contributed by atoms with Crippen LogP contribution in [0.15, 0.2) is 30.6 Å². The summed E-state index contributed by atoms with van der Waals surface area (Å²) in [6.45, 7) is 2.23. The molecular weight excluding hydrogens is 226 g/mol.